The van der Waals surface area contributed by atoms with Gasteiger partial charge in [0.05, 0.1) is 18.0 Å². The van der Waals surface area contributed by atoms with Gasteiger partial charge in [-0.3, -0.25) is 24.5 Å². The third-order valence-corrected chi connectivity index (χ3v) is 6.04. The van der Waals surface area contributed by atoms with Gasteiger partial charge in [-0.2, -0.15) is 0 Å². The first-order valence-corrected chi connectivity index (χ1v) is 10.1. The summed E-state index contributed by atoms with van der Waals surface area (Å²) in [5.74, 6) is -5.23. The van der Waals surface area contributed by atoms with Gasteiger partial charge in [-0.15, -0.1) is 0 Å². The van der Waals surface area contributed by atoms with Gasteiger partial charge in [0, 0.05) is 32.1 Å². The maximum atomic E-state index is 13.0. The van der Waals surface area contributed by atoms with Crippen LogP contribution in [-0.4, -0.2) is 35.6 Å². The first kappa shape index (κ1) is 20.4. The Bertz CT molecular complexity index is 896. The van der Waals surface area contributed by atoms with Crippen LogP contribution < -0.4 is 16.0 Å². The average molecular weight is 419 g/mol. The molecular formula is C21H23F2N3O4. The molecule has 1 unspecified atom stereocenters. The molecule has 1 saturated carbocycles. The van der Waals surface area contributed by atoms with Crippen LogP contribution in [0.5, 0.6) is 0 Å². The maximum absolute atomic E-state index is 13.0. The van der Waals surface area contributed by atoms with Gasteiger partial charge in [0.25, 0.3) is 0 Å². The summed E-state index contributed by atoms with van der Waals surface area (Å²) in [4.78, 5) is 48.0. The molecule has 7 nitrogen and oxygen atoms in total. The minimum atomic E-state index is -2.67. The maximum Gasteiger partial charge on any atom is 0.248 e. The third-order valence-electron chi connectivity index (χ3n) is 6.04. The first-order valence-electron chi connectivity index (χ1n) is 10.1. The summed E-state index contributed by atoms with van der Waals surface area (Å²) in [6, 6.07) is 6.59. The molecule has 1 heterocycles. The lowest BCUT2D eigenvalue weighted by atomic mass is 9.79. The number of nitrogens with one attached hydrogen (secondary N) is 3. The highest BCUT2D eigenvalue weighted by Gasteiger charge is 2.46. The van der Waals surface area contributed by atoms with E-state index in [1.807, 2.05) is 24.3 Å². The van der Waals surface area contributed by atoms with Gasteiger partial charge in [0.2, 0.25) is 29.6 Å². The van der Waals surface area contributed by atoms with E-state index in [1.54, 1.807) is 0 Å². The molecule has 2 fully saturated rings. The van der Waals surface area contributed by atoms with Crippen molar-refractivity contribution in [2.75, 3.05) is 0 Å². The molecule has 1 aliphatic heterocycles. The van der Waals surface area contributed by atoms with Crippen LogP contribution in [0.3, 0.4) is 0 Å². The average Bonchev–Trinajstić information content (AvgIpc) is 3.12. The number of carbonyl (C=O) groups is 4. The van der Waals surface area contributed by atoms with Crippen molar-refractivity contribution >= 4 is 23.6 Å². The van der Waals surface area contributed by atoms with E-state index < -0.39 is 35.7 Å². The highest BCUT2D eigenvalue weighted by Crippen LogP contribution is 2.44. The van der Waals surface area contributed by atoms with Gasteiger partial charge >= 0.3 is 0 Å². The summed E-state index contributed by atoms with van der Waals surface area (Å²) in [6.45, 7) is 0. The number of rotatable bonds is 6. The zero-order valence-corrected chi connectivity index (χ0v) is 16.3. The van der Waals surface area contributed by atoms with Gasteiger partial charge in [-0.1, -0.05) is 24.3 Å². The van der Waals surface area contributed by atoms with Gasteiger partial charge in [-0.05, 0) is 23.5 Å². The molecule has 0 bridgehead atoms. The third kappa shape index (κ3) is 4.34. The fraction of sp³-hybridized carbons (Fsp3) is 0.524. The second-order valence-electron chi connectivity index (χ2n) is 8.47. The van der Waals surface area contributed by atoms with Crippen molar-refractivity contribution in [1.29, 1.82) is 0 Å². The van der Waals surface area contributed by atoms with Gasteiger partial charge in [0.15, 0.2) is 0 Å². The molecule has 0 spiro atoms. The fourth-order valence-corrected chi connectivity index (χ4v) is 4.59. The minimum absolute atomic E-state index is 0.0142. The van der Waals surface area contributed by atoms with E-state index in [2.05, 4.69) is 16.0 Å². The van der Waals surface area contributed by atoms with E-state index in [0.29, 0.717) is 6.42 Å². The number of imide groups is 1. The number of carbonyl (C=O) groups excluding carboxylic acids is 4. The zero-order valence-electron chi connectivity index (χ0n) is 16.3. The Morgan fingerprint density at radius 1 is 1.03 bits per heavy atom. The highest BCUT2D eigenvalue weighted by atomic mass is 19.3. The van der Waals surface area contributed by atoms with E-state index in [0.717, 1.165) is 11.1 Å². The molecule has 3 aliphatic rings. The second kappa shape index (κ2) is 7.77. The molecule has 160 valence electrons. The van der Waals surface area contributed by atoms with E-state index in [4.69, 9.17) is 0 Å². The Hall–Kier alpha value is -2.84. The monoisotopic (exact) mass is 419 g/mol. The van der Waals surface area contributed by atoms with Crippen molar-refractivity contribution in [3.8, 4) is 0 Å². The van der Waals surface area contributed by atoms with Crippen LogP contribution in [0.4, 0.5) is 8.78 Å². The first-order chi connectivity index (χ1) is 14.2. The summed E-state index contributed by atoms with van der Waals surface area (Å²) in [5, 5.41) is 7.95. The highest BCUT2D eigenvalue weighted by molar-refractivity contribution is 6.04. The van der Waals surface area contributed by atoms with E-state index >= 15 is 0 Å². The van der Waals surface area contributed by atoms with Crippen molar-refractivity contribution in [2.45, 2.75) is 56.5 Å². The predicted molar refractivity (Wildman–Crippen MR) is 101 cm³/mol. The van der Waals surface area contributed by atoms with Crippen LogP contribution in [0.2, 0.25) is 0 Å². The van der Waals surface area contributed by atoms with Crippen molar-refractivity contribution in [3.05, 3.63) is 35.4 Å². The molecule has 4 amide bonds. The molecule has 0 aromatic heterocycles. The molecule has 2 aliphatic carbocycles. The number of halogens is 2. The molecule has 1 aromatic rings. The molecule has 4 rings (SSSR count). The van der Waals surface area contributed by atoms with Crippen LogP contribution in [0, 0.1) is 11.8 Å². The topological polar surface area (TPSA) is 104 Å². The Kier molecular flexibility index (Phi) is 5.29. The Labute approximate surface area is 172 Å². The lowest BCUT2D eigenvalue weighted by molar-refractivity contribution is -0.134. The van der Waals surface area contributed by atoms with Crippen LogP contribution in [0.25, 0.3) is 0 Å². The number of hydrogen-bond donors (Lipinski definition) is 3. The van der Waals surface area contributed by atoms with Gasteiger partial charge in [-0.25, -0.2) is 8.78 Å². The molecular weight excluding hydrogens is 396 g/mol. The number of alkyl halides is 2. The lowest BCUT2D eigenvalue weighted by Gasteiger charge is -2.34. The summed E-state index contributed by atoms with van der Waals surface area (Å²) >= 11 is 0. The lowest BCUT2D eigenvalue weighted by Crippen LogP contribution is -2.46. The molecule has 0 radical (unpaired) electrons. The number of amides is 4. The van der Waals surface area contributed by atoms with E-state index in [1.165, 1.54) is 0 Å². The van der Waals surface area contributed by atoms with E-state index in [-0.39, 0.29) is 49.8 Å². The van der Waals surface area contributed by atoms with Crippen molar-refractivity contribution in [1.82, 2.24) is 16.0 Å². The smallest absolute Gasteiger partial charge is 0.248 e. The minimum Gasteiger partial charge on any atom is -0.351 e. The van der Waals surface area contributed by atoms with Crippen molar-refractivity contribution in [2.24, 2.45) is 11.8 Å². The van der Waals surface area contributed by atoms with Crippen molar-refractivity contribution in [3.63, 3.8) is 0 Å². The Morgan fingerprint density at radius 2 is 1.73 bits per heavy atom. The normalized spacial score (nSPS) is 27.2. The summed E-state index contributed by atoms with van der Waals surface area (Å²) in [7, 11) is 0. The summed E-state index contributed by atoms with van der Waals surface area (Å²) in [5.41, 5.74) is 1.86. The second-order valence-corrected chi connectivity index (χ2v) is 8.47. The number of benzene rings is 1. The molecule has 30 heavy (non-hydrogen) atoms. The summed E-state index contributed by atoms with van der Waals surface area (Å²) < 4.78 is 26.0. The van der Waals surface area contributed by atoms with Crippen LogP contribution >= 0.6 is 0 Å². The molecule has 3 N–H and O–H groups in total. The molecule has 1 saturated heterocycles. The number of fused-ring (bicyclic) bond motifs is 1. The molecule has 9 heteroatoms. The van der Waals surface area contributed by atoms with E-state index in [9.17, 15) is 28.0 Å². The fourth-order valence-electron chi connectivity index (χ4n) is 4.59. The van der Waals surface area contributed by atoms with Crippen molar-refractivity contribution < 1.29 is 28.0 Å². The van der Waals surface area contributed by atoms with Crippen LogP contribution in [0.15, 0.2) is 24.3 Å². The Morgan fingerprint density at radius 3 is 2.40 bits per heavy atom. The van der Waals surface area contributed by atoms with Crippen LogP contribution in [0.1, 0.15) is 49.3 Å². The quantitative estimate of drug-likeness (QED) is 0.606. The van der Waals surface area contributed by atoms with Crippen LogP contribution in [-0.2, 0) is 25.6 Å². The van der Waals surface area contributed by atoms with Gasteiger partial charge < -0.3 is 10.6 Å². The SMILES string of the molecule is O=C1CC(CC(=O)N[C@@H]2c3ccccc3C[C@H]2NC(=O)CC2CC(F)(F)C2)C(=O)N1. The largest absolute Gasteiger partial charge is 0.351 e. The zero-order chi connectivity index (χ0) is 21.5. The van der Waals surface area contributed by atoms with Gasteiger partial charge in [0.1, 0.15) is 0 Å². The Balaban J connectivity index is 1.39. The summed E-state index contributed by atoms with van der Waals surface area (Å²) in [6.07, 6.45) is -0.126. The molecule has 1 aromatic carbocycles. The number of hydrogen-bond acceptors (Lipinski definition) is 4. The predicted octanol–water partition coefficient (Wildman–Crippen LogP) is 1.37. The molecule has 3 atom stereocenters. The standard InChI is InChI=1S/C21H23F2N3O4/c22-21(23)9-11(10-21)5-16(27)24-15-6-12-3-1-2-4-14(12)19(15)25-17(28)7-13-8-18(29)26-20(13)30/h1-4,11,13,15,19H,5-10H2,(H,24,27)(H,25,28)(H,26,29,30)/t13?,15-,19-/m1/s1.